The lowest BCUT2D eigenvalue weighted by Gasteiger charge is -2.43. The summed E-state index contributed by atoms with van der Waals surface area (Å²) in [5.74, 6) is 0.348. The molecular formula is C14H20BrFN2. The molecule has 2 rings (SSSR count). The molecule has 1 N–H and O–H groups in total. The molecule has 1 aromatic carbocycles. The van der Waals surface area contributed by atoms with Gasteiger partial charge in [-0.05, 0) is 31.0 Å². The van der Waals surface area contributed by atoms with Gasteiger partial charge in [0.1, 0.15) is 5.82 Å². The second-order valence-corrected chi connectivity index (χ2v) is 6.28. The summed E-state index contributed by atoms with van der Waals surface area (Å²) in [6, 6.07) is 5.88. The largest absolute Gasteiger partial charge is 0.363 e. The summed E-state index contributed by atoms with van der Waals surface area (Å²) in [7, 11) is 0. The van der Waals surface area contributed by atoms with Crippen LogP contribution in [0, 0.1) is 11.7 Å². The zero-order valence-electron chi connectivity index (χ0n) is 11.1. The van der Waals surface area contributed by atoms with Gasteiger partial charge >= 0.3 is 0 Å². The molecule has 2 atom stereocenters. The van der Waals surface area contributed by atoms with Gasteiger partial charge in [-0.15, -0.1) is 0 Å². The Morgan fingerprint density at radius 3 is 2.83 bits per heavy atom. The van der Waals surface area contributed by atoms with Gasteiger partial charge in [0, 0.05) is 29.6 Å². The quantitative estimate of drug-likeness (QED) is 0.900. The van der Waals surface area contributed by atoms with Crippen molar-refractivity contribution < 1.29 is 4.39 Å². The maximum absolute atomic E-state index is 14.0. The number of nitrogens with one attached hydrogen (secondary N) is 1. The van der Waals surface area contributed by atoms with E-state index in [9.17, 15) is 4.39 Å². The summed E-state index contributed by atoms with van der Waals surface area (Å²) in [5.41, 5.74) is 0.705. The lowest BCUT2D eigenvalue weighted by Crippen LogP contribution is -2.57. The van der Waals surface area contributed by atoms with Crippen molar-refractivity contribution in [3.05, 3.63) is 28.5 Å². The molecule has 1 heterocycles. The Labute approximate surface area is 117 Å². The molecule has 0 aromatic heterocycles. The number of anilines is 1. The number of piperazine rings is 1. The highest BCUT2D eigenvalue weighted by Gasteiger charge is 2.29. The van der Waals surface area contributed by atoms with Crippen LogP contribution >= 0.6 is 15.9 Å². The molecule has 1 aromatic rings. The second kappa shape index (κ2) is 5.57. The van der Waals surface area contributed by atoms with Crippen molar-refractivity contribution in [2.75, 3.05) is 18.0 Å². The predicted octanol–water partition coefficient (Wildman–Crippen LogP) is 3.41. The highest BCUT2D eigenvalue weighted by Crippen LogP contribution is 2.29. The molecule has 4 heteroatoms. The SMILES string of the molecule is CC1CN(c2cc(Br)ccc2F)C(C(C)C)CN1. The Bertz CT molecular complexity index is 422. The van der Waals surface area contributed by atoms with Gasteiger partial charge in [0.2, 0.25) is 0 Å². The number of hydrogen-bond donors (Lipinski definition) is 1. The van der Waals surface area contributed by atoms with Crippen LogP contribution < -0.4 is 10.2 Å². The molecule has 0 radical (unpaired) electrons. The summed E-state index contributed by atoms with van der Waals surface area (Å²) >= 11 is 3.43. The third-order valence-electron chi connectivity index (χ3n) is 3.53. The van der Waals surface area contributed by atoms with Crippen molar-refractivity contribution in [2.45, 2.75) is 32.9 Å². The van der Waals surface area contributed by atoms with Crippen LogP contribution in [0.15, 0.2) is 22.7 Å². The molecule has 0 spiro atoms. The van der Waals surface area contributed by atoms with Crippen molar-refractivity contribution in [3.8, 4) is 0 Å². The minimum atomic E-state index is -0.141. The number of nitrogens with zero attached hydrogens (tertiary/aromatic N) is 1. The first kappa shape index (κ1) is 13.8. The van der Waals surface area contributed by atoms with E-state index in [1.165, 1.54) is 6.07 Å². The van der Waals surface area contributed by atoms with Gasteiger partial charge in [0.05, 0.1) is 5.69 Å². The van der Waals surface area contributed by atoms with Gasteiger partial charge in [-0.3, -0.25) is 0 Å². The zero-order valence-corrected chi connectivity index (χ0v) is 12.7. The van der Waals surface area contributed by atoms with Gasteiger partial charge in [-0.2, -0.15) is 0 Å². The molecule has 0 aliphatic carbocycles. The lowest BCUT2D eigenvalue weighted by molar-refractivity contribution is 0.346. The Morgan fingerprint density at radius 2 is 2.17 bits per heavy atom. The molecule has 1 aliphatic heterocycles. The van der Waals surface area contributed by atoms with Crippen LogP contribution in [0.5, 0.6) is 0 Å². The summed E-state index contributed by atoms with van der Waals surface area (Å²) < 4.78 is 15.0. The van der Waals surface area contributed by atoms with Crippen LogP contribution in [0.1, 0.15) is 20.8 Å². The van der Waals surface area contributed by atoms with E-state index >= 15 is 0 Å². The number of halogens is 2. The van der Waals surface area contributed by atoms with Crippen LogP contribution in [0.2, 0.25) is 0 Å². The second-order valence-electron chi connectivity index (χ2n) is 5.37. The third-order valence-corrected chi connectivity index (χ3v) is 4.03. The van der Waals surface area contributed by atoms with Gasteiger partial charge < -0.3 is 10.2 Å². The Morgan fingerprint density at radius 1 is 1.44 bits per heavy atom. The highest BCUT2D eigenvalue weighted by atomic mass is 79.9. The van der Waals surface area contributed by atoms with Gasteiger partial charge in [-0.25, -0.2) is 4.39 Å². The molecule has 2 unspecified atom stereocenters. The smallest absolute Gasteiger partial charge is 0.146 e. The molecule has 0 amide bonds. The van der Waals surface area contributed by atoms with Crippen molar-refractivity contribution in [2.24, 2.45) is 5.92 Å². The molecule has 2 nitrogen and oxygen atoms in total. The third kappa shape index (κ3) is 2.86. The average molecular weight is 315 g/mol. The standard InChI is InChI=1S/C14H20BrFN2/c1-9(2)14-7-17-10(3)8-18(14)13-6-11(15)4-5-12(13)16/h4-6,9-10,14,17H,7-8H2,1-3H3. The molecular weight excluding hydrogens is 295 g/mol. The Kier molecular flexibility index (Phi) is 4.28. The minimum absolute atomic E-state index is 0.141. The zero-order chi connectivity index (χ0) is 13.3. The first-order valence-electron chi connectivity index (χ1n) is 6.44. The van der Waals surface area contributed by atoms with Crippen LogP contribution in [0.4, 0.5) is 10.1 Å². The summed E-state index contributed by atoms with van der Waals surface area (Å²) in [6.07, 6.45) is 0. The maximum atomic E-state index is 14.0. The Hall–Kier alpha value is -0.610. The number of hydrogen-bond acceptors (Lipinski definition) is 2. The van der Waals surface area contributed by atoms with E-state index in [-0.39, 0.29) is 5.82 Å². The van der Waals surface area contributed by atoms with E-state index < -0.39 is 0 Å². The fourth-order valence-corrected chi connectivity index (χ4v) is 2.85. The van der Waals surface area contributed by atoms with Crippen LogP contribution in [-0.2, 0) is 0 Å². The first-order chi connectivity index (χ1) is 8.49. The van der Waals surface area contributed by atoms with E-state index in [0.717, 1.165) is 17.6 Å². The lowest BCUT2D eigenvalue weighted by atomic mass is 9.98. The molecule has 100 valence electrons. The molecule has 1 fully saturated rings. The van der Waals surface area contributed by atoms with Crippen LogP contribution in [-0.4, -0.2) is 25.2 Å². The van der Waals surface area contributed by atoms with Crippen molar-refractivity contribution in [3.63, 3.8) is 0 Å². The molecule has 0 saturated carbocycles. The fourth-order valence-electron chi connectivity index (χ4n) is 2.51. The van der Waals surface area contributed by atoms with Gasteiger partial charge in [-0.1, -0.05) is 29.8 Å². The van der Waals surface area contributed by atoms with Crippen molar-refractivity contribution >= 4 is 21.6 Å². The minimum Gasteiger partial charge on any atom is -0.363 e. The van der Waals surface area contributed by atoms with Crippen LogP contribution in [0.25, 0.3) is 0 Å². The van der Waals surface area contributed by atoms with Gasteiger partial charge in [0.25, 0.3) is 0 Å². The fraction of sp³-hybridized carbons (Fsp3) is 0.571. The molecule has 1 aliphatic rings. The highest BCUT2D eigenvalue weighted by molar-refractivity contribution is 9.10. The number of rotatable bonds is 2. The van der Waals surface area contributed by atoms with E-state index in [1.807, 2.05) is 6.07 Å². The van der Waals surface area contributed by atoms with Crippen LogP contribution in [0.3, 0.4) is 0 Å². The molecule has 18 heavy (non-hydrogen) atoms. The summed E-state index contributed by atoms with van der Waals surface area (Å²) in [6.45, 7) is 8.26. The maximum Gasteiger partial charge on any atom is 0.146 e. The topological polar surface area (TPSA) is 15.3 Å². The first-order valence-corrected chi connectivity index (χ1v) is 7.23. The van der Waals surface area contributed by atoms with E-state index in [4.69, 9.17) is 0 Å². The van der Waals surface area contributed by atoms with E-state index in [1.54, 1.807) is 6.07 Å². The monoisotopic (exact) mass is 314 g/mol. The van der Waals surface area contributed by atoms with Crippen molar-refractivity contribution in [1.82, 2.24) is 5.32 Å². The normalized spacial score (nSPS) is 24.7. The van der Waals surface area contributed by atoms with Gasteiger partial charge in [0.15, 0.2) is 0 Å². The number of benzene rings is 1. The Balaban J connectivity index is 2.34. The molecule has 0 bridgehead atoms. The summed E-state index contributed by atoms with van der Waals surface area (Å²) in [4.78, 5) is 2.20. The average Bonchev–Trinajstić information content (AvgIpc) is 2.31. The predicted molar refractivity (Wildman–Crippen MR) is 77.5 cm³/mol. The van der Waals surface area contributed by atoms with Crippen molar-refractivity contribution in [1.29, 1.82) is 0 Å². The van der Waals surface area contributed by atoms with E-state index in [0.29, 0.717) is 23.7 Å². The van der Waals surface area contributed by atoms with E-state index in [2.05, 4.69) is 46.9 Å². The molecule has 1 saturated heterocycles. The summed E-state index contributed by atoms with van der Waals surface area (Å²) in [5, 5.41) is 3.47.